The van der Waals surface area contributed by atoms with E-state index in [-0.39, 0.29) is 5.41 Å². The molecule has 2 rings (SSSR count). The molecule has 1 fully saturated rings. The van der Waals surface area contributed by atoms with Gasteiger partial charge in [-0.15, -0.1) is 0 Å². The van der Waals surface area contributed by atoms with E-state index in [1.165, 1.54) is 12.8 Å². The van der Waals surface area contributed by atoms with E-state index < -0.39 is 0 Å². The molecule has 1 heterocycles. The summed E-state index contributed by atoms with van der Waals surface area (Å²) in [6.07, 6.45) is 4.34. The van der Waals surface area contributed by atoms with Crippen molar-refractivity contribution in [1.82, 2.24) is 9.97 Å². The summed E-state index contributed by atoms with van der Waals surface area (Å²) < 4.78 is 0. The molecule has 76 valence electrons. The van der Waals surface area contributed by atoms with Crippen molar-refractivity contribution in [3.05, 3.63) is 18.0 Å². The third-order valence-corrected chi connectivity index (χ3v) is 2.33. The lowest BCUT2D eigenvalue weighted by atomic mass is 9.92. The minimum Gasteiger partial charge on any atom is -0.351 e. The molecule has 3 nitrogen and oxygen atoms in total. The van der Waals surface area contributed by atoms with Crippen LogP contribution in [-0.2, 0) is 5.41 Å². The zero-order chi connectivity index (χ0) is 10.2. The van der Waals surface area contributed by atoms with Crippen LogP contribution in [0.15, 0.2) is 12.3 Å². The fraction of sp³-hybridized carbons (Fsp3) is 0.636. The molecule has 0 radical (unpaired) electrons. The summed E-state index contributed by atoms with van der Waals surface area (Å²) >= 11 is 0. The molecule has 0 atom stereocenters. The SMILES string of the molecule is CC(C)(C)c1ccnc(NC2CC2)n1. The van der Waals surface area contributed by atoms with Gasteiger partial charge in [-0.25, -0.2) is 9.97 Å². The third-order valence-electron chi connectivity index (χ3n) is 2.33. The maximum Gasteiger partial charge on any atom is 0.223 e. The Morgan fingerprint density at radius 3 is 2.64 bits per heavy atom. The maximum absolute atomic E-state index is 4.50. The number of aromatic nitrogens is 2. The first-order chi connectivity index (χ1) is 6.55. The predicted octanol–water partition coefficient (Wildman–Crippen LogP) is 2.35. The Kier molecular flexibility index (Phi) is 2.17. The second-order valence-corrected chi connectivity index (χ2v) is 4.93. The number of nitrogens with one attached hydrogen (secondary N) is 1. The lowest BCUT2D eigenvalue weighted by Crippen LogP contribution is -2.15. The van der Waals surface area contributed by atoms with Gasteiger partial charge in [0.05, 0.1) is 5.69 Å². The van der Waals surface area contributed by atoms with Crippen molar-refractivity contribution in [2.75, 3.05) is 5.32 Å². The van der Waals surface area contributed by atoms with E-state index in [9.17, 15) is 0 Å². The molecule has 0 aromatic carbocycles. The van der Waals surface area contributed by atoms with Gasteiger partial charge in [-0.1, -0.05) is 20.8 Å². The van der Waals surface area contributed by atoms with E-state index in [4.69, 9.17) is 0 Å². The number of hydrogen-bond acceptors (Lipinski definition) is 3. The molecule has 14 heavy (non-hydrogen) atoms. The Bertz CT molecular complexity index is 324. The van der Waals surface area contributed by atoms with Gasteiger partial charge in [-0.3, -0.25) is 0 Å². The monoisotopic (exact) mass is 191 g/mol. The van der Waals surface area contributed by atoms with E-state index in [2.05, 4.69) is 36.1 Å². The fourth-order valence-corrected chi connectivity index (χ4v) is 1.26. The van der Waals surface area contributed by atoms with Gasteiger partial charge in [0.25, 0.3) is 0 Å². The van der Waals surface area contributed by atoms with Crippen molar-refractivity contribution in [1.29, 1.82) is 0 Å². The van der Waals surface area contributed by atoms with Gasteiger partial charge >= 0.3 is 0 Å². The first kappa shape index (κ1) is 9.44. The highest BCUT2D eigenvalue weighted by Gasteiger charge is 2.23. The summed E-state index contributed by atoms with van der Waals surface area (Å²) in [7, 11) is 0. The summed E-state index contributed by atoms with van der Waals surface area (Å²) in [6, 6.07) is 2.60. The minimum atomic E-state index is 0.100. The topological polar surface area (TPSA) is 37.8 Å². The number of rotatable bonds is 2. The number of hydrogen-bond donors (Lipinski definition) is 1. The highest BCUT2D eigenvalue weighted by molar-refractivity contribution is 5.30. The van der Waals surface area contributed by atoms with Crippen LogP contribution in [-0.4, -0.2) is 16.0 Å². The molecule has 0 amide bonds. The summed E-state index contributed by atoms with van der Waals surface area (Å²) in [5.74, 6) is 0.778. The molecule has 0 bridgehead atoms. The number of nitrogens with zero attached hydrogens (tertiary/aromatic N) is 2. The van der Waals surface area contributed by atoms with E-state index in [1.807, 2.05) is 12.3 Å². The minimum absolute atomic E-state index is 0.100. The van der Waals surface area contributed by atoms with Gasteiger partial charge in [0.2, 0.25) is 5.95 Å². The van der Waals surface area contributed by atoms with Crippen LogP contribution in [0.5, 0.6) is 0 Å². The largest absolute Gasteiger partial charge is 0.351 e. The van der Waals surface area contributed by atoms with Gasteiger partial charge in [-0.05, 0) is 18.9 Å². The Morgan fingerprint density at radius 2 is 2.07 bits per heavy atom. The van der Waals surface area contributed by atoms with Gasteiger partial charge in [0.15, 0.2) is 0 Å². The van der Waals surface area contributed by atoms with Crippen LogP contribution in [0.4, 0.5) is 5.95 Å². The average molecular weight is 191 g/mol. The Labute approximate surface area is 85.0 Å². The molecule has 0 aliphatic heterocycles. The zero-order valence-corrected chi connectivity index (χ0v) is 9.04. The van der Waals surface area contributed by atoms with Crippen molar-refractivity contribution in [3.8, 4) is 0 Å². The van der Waals surface area contributed by atoms with Gasteiger partial charge in [0, 0.05) is 17.7 Å². The van der Waals surface area contributed by atoms with E-state index in [0.717, 1.165) is 11.6 Å². The Balaban J connectivity index is 2.17. The predicted molar refractivity (Wildman–Crippen MR) is 57.4 cm³/mol. The highest BCUT2D eigenvalue weighted by Crippen LogP contribution is 2.24. The van der Waals surface area contributed by atoms with Crippen LogP contribution in [0.2, 0.25) is 0 Å². The smallest absolute Gasteiger partial charge is 0.223 e. The lowest BCUT2D eigenvalue weighted by molar-refractivity contribution is 0.567. The standard InChI is InChI=1S/C11H17N3/c1-11(2,3)9-6-7-12-10(14-9)13-8-4-5-8/h6-8H,4-5H2,1-3H3,(H,12,13,14). The first-order valence-corrected chi connectivity index (χ1v) is 5.16. The average Bonchev–Trinajstić information content (AvgIpc) is 2.87. The van der Waals surface area contributed by atoms with E-state index in [0.29, 0.717) is 6.04 Å². The van der Waals surface area contributed by atoms with Gasteiger partial charge in [-0.2, -0.15) is 0 Å². The lowest BCUT2D eigenvalue weighted by Gasteiger charge is -2.17. The molecule has 1 aliphatic carbocycles. The number of anilines is 1. The maximum atomic E-state index is 4.50. The molecule has 0 unspecified atom stereocenters. The van der Waals surface area contributed by atoms with Crippen LogP contribution in [0.3, 0.4) is 0 Å². The van der Waals surface area contributed by atoms with Crippen LogP contribution in [0.25, 0.3) is 0 Å². The zero-order valence-electron chi connectivity index (χ0n) is 9.04. The summed E-state index contributed by atoms with van der Waals surface area (Å²) in [6.45, 7) is 6.49. The first-order valence-electron chi connectivity index (χ1n) is 5.16. The van der Waals surface area contributed by atoms with Crippen molar-refractivity contribution >= 4 is 5.95 Å². The molecular weight excluding hydrogens is 174 g/mol. The summed E-state index contributed by atoms with van der Waals surface area (Å²) in [5, 5.41) is 3.31. The quantitative estimate of drug-likeness (QED) is 0.779. The molecule has 0 spiro atoms. The van der Waals surface area contributed by atoms with Gasteiger partial charge in [0.1, 0.15) is 0 Å². The molecule has 3 heteroatoms. The molecule has 1 aromatic heterocycles. The molecule has 1 N–H and O–H groups in total. The highest BCUT2D eigenvalue weighted by atomic mass is 15.1. The van der Waals surface area contributed by atoms with Crippen LogP contribution >= 0.6 is 0 Å². The van der Waals surface area contributed by atoms with E-state index in [1.54, 1.807) is 0 Å². The normalized spacial score (nSPS) is 16.8. The van der Waals surface area contributed by atoms with Crippen LogP contribution in [0, 0.1) is 0 Å². The molecule has 1 aliphatic rings. The molecule has 0 saturated heterocycles. The Morgan fingerprint density at radius 1 is 1.36 bits per heavy atom. The van der Waals surface area contributed by atoms with Gasteiger partial charge < -0.3 is 5.32 Å². The fourth-order valence-electron chi connectivity index (χ4n) is 1.26. The van der Waals surface area contributed by atoms with Crippen molar-refractivity contribution in [2.24, 2.45) is 0 Å². The second kappa shape index (κ2) is 3.23. The summed E-state index contributed by atoms with van der Waals surface area (Å²) in [5.41, 5.74) is 1.19. The summed E-state index contributed by atoms with van der Waals surface area (Å²) in [4.78, 5) is 8.71. The molecular formula is C11H17N3. The second-order valence-electron chi connectivity index (χ2n) is 4.93. The van der Waals surface area contributed by atoms with Crippen LogP contribution < -0.4 is 5.32 Å². The van der Waals surface area contributed by atoms with Crippen molar-refractivity contribution < 1.29 is 0 Å². The van der Waals surface area contributed by atoms with E-state index >= 15 is 0 Å². The van der Waals surface area contributed by atoms with Crippen molar-refractivity contribution in [3.63, 3.8) is 0 Å². The van der Waals surface area contributed by atoms with Crippen LogP contribution in [0.1, 0.15) is 39.3 Å². The third kappa shape index (κ3) is 2.22. The van der Waals surface area contributed by atoms with Crippen molar-refractivity contribution in [2.45, 2.75) is 45.1 Å². The Hall–Kier alpha value is -1.12. The molecule has 1 aromatic rings. The molecule has 1 saturated carbocycles.